The minimum atomic E-state index is -4.81. The van der Waals surface area contributed by atoms with Gasteiger partial charge in [-0.15, -0.1) is 24.5 Å². The Morgan fingerprint density at radius 1 is 0.946 bits per heavy atom. The first-order valence-electron chi connectivity index (χ1n) is 10.1. The van der Waals surface area contributed by atoms with Gasteiger partial charge in [0, 0.05) is 21.5 Å². The summed E-state index contributed by atoms with van der Waals surface area (Å²) in [5.74, 6) is -0.416. The van der Waals surface area contributed by atoms with Gasteiger partial charge in [-0.05, 0) is 60.0 Å². The summed E-state index contributed by atoms with van der Waals surface area (Å²) in [5, 5.41) is 3.74. The molecule has 0 unspecified atom stereocenters. The molecule has 1 amide bonds. The Morgan fingerprint density at radius 3 is 2.27 bits per heavy atom. The summed E-state index contributed by atoms with van der Waals surface area (Å²) >= 11 is 13.5. The fourth-order valence-corrected chi connectivity index (χ4v) is 5.29. The van der Waals surface area contributed by atoms with Gasteiger partial charge in [-0.25, -0.2) is 8.42 Å². The van der Waals surface area contributed by atoms with E-state index in [1.807, 2.05) is 0 Å². The summed E-state index contributed by atoms with van der Waals surface area (Å²) < 4.78 is 72.5. The standard InChI is InChI=1S/C23H15Cl2F3N2O5S2/c1-37(32,33)30-19-6-12-7-21(36-20(12)11-18(19)25)22(31)29-14-8-13(24)9-17(10-14)34-15-2-4-16(5-3-15)35-23(26,27)28/h2-11,30H,1H3,(H,29,31). The lowest BCUT2D eigenvalue weighted by molar-refractivity contribution is -0.274. The van der Waals surface area contributed by atoms with Gasteiger partial charge in [-0.2, -0.15) is 0 Å². The summed E-state index contributed by atoms with van der Waals surface area (Å²) in [6.45, 7) is 0. The number of sulfonamides is 1. The second-order valence-electron chi connectivity index (χ2n) is 7.61. The van der Waals surface area contributed by atoms with Crippen LogP contribution in [0.25, 0.3) is 10.1 Å². The number of fused-ring (bicyclic) bond motifs is 1. The lowest BCUT2D eigenvalue weighted by atomic mass is 10.2. The number of alkyl halides is 3. The molecule has 194 valence electrons. The molecule has 1 aromatic heterocycles. The van der Waals surface area contributed by atoms with Crippen LogP contribution in [0.4, 0.5) is 24.5 Å². The largest absolute Gasteiger partial charge is 0.573 e. The van der Waals surface area contributed by atoms with Gasteiger partial charge >= 0.3 is 6.36 Å². The highest BCUT2D eigenvalue weighted by atomic mass is 35.5. The summed E-state index contributed by atoms with van der Waals surface area (Å²) in [6, 6.07) is 13.9. The maximum absolute atomic E-state index is 12.9. The number of rotatable bonds is 7. The number of thiophene rings is 1. The fraction of sp³-hybridized carbons (Fsp3) is 0.0870. The van der Waals surface area contributed by atoms with Crippen LogP contribution < -0.4 is 19.5 Å². The Hall–Kier alpha value is -3.19. The van der Waals surface area contributed by atoms with E-state index in [-0.39, 0.29) is 27.2 Å². The van der Waals surface area contributed by atoms with Crippen molar-refractivity contribution < 1.29 is 35.9 Å². The number of carbonyl (C=O) groups excluding carboxylic acids is 1. The van der Waals surface area contributed by atoms with E-state index in [9.17, 15) is 26.4 Å². The predicted molar refractivity (Wildman–Crippen MR) is 138 cm³/mol. The summed E-state index contributed by atoms with van der Waals surface area (Å²) in [5.41, 5.74) is 0.496. The van der Waals surface area contributed by atoms with E-state index >= 15 is 0 Å². The van der Waals surface area contributed by atoms with Crippen molar-refractivity contribution in [2.75, 3.05) is 16.3 Å². The van der Waals surface area contributed by atoms with Gasteiger partial charge in [0.2, 0.25) is 10.0 Å². The molecule has 0 spiro atoms. The van der Waals surface area contributed by atoms with Gasteiger partial charge in [0.05, 0.1) is 21.8 Å². The van der Waals surface area contributed by atoms with Crippen molar-refractivity contribution in [3.8, 4) is 17.2 Å². The summed E-state index contributed by atoms with van der Waals surface area (Å²) in [7, 11) is -3.54. The molecule has 0 atom stereocenters. The second-order valence-corrected chi connectivity index (χ2v) is 11.3. The molecule has 0 bridgehead atoms. The van der Waals surface area contributed by atoms with Crippen LogP contribution >= 0.6 is 34.5 Å². The average molecular weight is 591 g/mol. The Labute approximate surface area is 222 Å². The van der Waals surface area contributed by atoms with E-state index in [0.717, 1.165) is 29.7 Å². The number of hydrogen-bond donors (Lipinski definition) is 2. The average Bonchev–Trinajstić information content (AvgIpc) is 3.16. The minimum Gasteiger partial charge on any atom is -0.457 e. The number of anilines is 2. The monoisotopic (exact) mass is 590 g/mol. The number of amides is 1. The highest BCUT2D eigenvalue weighted by Crippen LogP contribution is 2.35. The van der Waals surface area contributed by atoms with Gasteiger partial charge < -0.3 is 14.8 Å². The molecule has 4 rings (SSSR count). The quantitative estimate of drug-likeness (QED) is 0.232. The normalized spacial score (nSPS) is 11.8. The lowest BCUT2D eigenvalue weighted by Crippen LogP contribution is -2.16. The molecule has 4 aromatic rings. The van der Waals surface area contributed by atoms with Gasteiger partial charge in [0.25, 0.3) is 5.91 Å². The zero-order valence-electron chi connectivity index (χ0n) is 18.5. The van der Waals surface area contributed by atoms with Crippen molar-refractivity contribution in [2.24, 2.45) is 0 Å². The molecule has 0 aliphatic carbocycles. The number of carbonyl (C=O) groups is 1. The van der Waals surface area contributed by atoms with Gasteiger partial charge in [0.1, 0.15) is 17.2 Å². The molecule has 14 heteroatoms. The third kappa shape index (κ3) is 7.41. The molecule has 2 N–H and O–H groups in total. The minimum absolute atomic E-state index is 0.182. The highest BCUT2D eigenvalue weighted by molar-refractivity contribution is 7.92. The molecule has 0 saturated heterocycles. The third-order valence-corrected chi connectivity index (χ3v) is 6.77. The summed E-state index contributed by atoms with van der Waals surface area (Å²) in [6.07, 6.45) is -3.81. The van der Waals surface area contributed by atoms with Crippen LogP contribution in [-0.4, -0.2) is 26.9 Å². The van der Waals surface area contributed by atoms with Crippen molar-refractivity contribution in [1.29, 1.82) is 0 Å². The molecule has 0 saturated carbocycles. The zero-order valence-corrected chi connectivity index (χ0v) is 21.7. The first-order valence-corrected chi connectivity index (χ1v) is 13.6. The smallest absolute Gasteiger partial charge is 0.457 e. The molecule has 0 aliphatic rings. The van der Waals surface area contributed by atoms with Gasteiger partial charge in [0.15, 0.2) is 0 Å². The Kier molecular flexibility index (Phi) is 7.47. The van der Waals surface area contributed by atoms with E-state index in [4.69, 9.17) is 27.9 Å². The Morgan fingerprint density at radius 2 is 1.62 bits per heavy atom. The Bertz CT molecular complexity index is 1590. The van der Waals surface area contributed by atoms with Crippen molar-refractivity contribution in [1.82, 2.24) is 0 Å². The van der Waals surface area contributed by atoms with E-state index in [2.05, 4.69) is 14.8 Å². The van der Waals surface area contributed by atoms with E-state index in [1.165, 1.54) is 36.4 Å². The SMILES string of the molecule is CS(=O)(=O)Nc1cc2cc(C(=O)Nc3cc(Cl)cc(Oc4ccc(OC(F)(F)F)cc4)c3)sc2cc1Cl. The molecule has 0 fully saturated rings. The van der Waals surface area contributed by atoms with Crippen LogP contribution in [0, 0.1) is 0 Å². The lowest BCUT2D eigenvalue weighted by Gasteiger charge is -2.11. The molecular weight excluding hydrogens is 576 g/mol. The van der Waals surface area contributed by atoms with Crippen molar-refractivity contribution in [2.45, 2.75) is 6.36 Å². The van der Waals surface area contributed by atoms with Crippen LogP contribution in [0.3, 0.4) is 0 Å². The first-order chi connectivity index (χ1) is 17.2. The fourth-order valence-electron chi connectivity index (χ4n) is 3.18. The number of benzene rings is 3. The third-order valence-electron chi connectivity index (χ3n) is 4.55. The maximum atomic E-state index is 12.9. The molecule has 1 heterocycles. The van der Waals surface area contributed by atoms with Crippen LogP contribution in [0.1, 0.15) is 9.67 Å². The zero-order chi connectivity index (χ0) is 27.0. The molecule has 0 radical (unpaired) electrons. The van der Waals surface area contributed by atoms with Crippen molar-refractivity contribution >= 4 is 71.9 Å². The highest BCUT2D eigenvalue weighted by Gasteiger charge is 2.31. The summed E-state index contributed by atoms with van der Waals surface area (Å²) in [4.78, 5) is 13.2. The predicted octanol–water partition coefficient (Wildman–Crippen LogP) is 7.52. The molecular formula is C23H15Cl2F3N2O5S2. The van der Waals surface area contributed by atoms with E-state index in [0.29, 0.717) is 20.7 Å². The number of halogens is 5. The number of hydrogen-bond acceptors (Lipinski definition) is 6. The van der Waals surface area contributed by atoms with Crippen molar-refractivity contribution in [3.05, 3.63) is 75.6 Å². The van der Waals surface area contributed by atoms with Crippen LogP contribution in [0.15, 0.2) is 60.7 Å². The molecule has 3 aromatic carbocycles. The van der Waals surface area contributed by atoms with Crippen LogP contribution in [0.2, 0.25) is 10.0 Å². The topological polar surface area (TPSA) is 93.7 Å². The second kappa shape index (κ2) is 10.3. The maximum Gasteiger partial charge on any atom is 0.573 e. The van der Waals surface area contributed by atoms with Gasteiger partial charge in [-0.1, -0.05) is 23.2 Å². The number of nitrogens with one attached hydrogen (secondary N) is 2. The number of ether oxygens (including phenoxy) is 2. The first kappa shape index (κ1) is 26.9. The molecule has 0 aliphatic heterocycles. The Balaban J connectivity index is 1.50. The van der Waals surface area contributed by atoms with Crippen molar-refractivity contribution in [3.63, 3.8) is 0 Å². The van der Waals surface area contributed by atoms with E-state index in [1.54, 1.807) is 12.1 Å². The van der Waals surface area contributed by atoms with E-state index < -0.39 is 28.0 Å². The molecule has 37 heavy (non-hydrogen) atoms. The van der Waals surface area contributed by atoms with Gasteiger partial charge in [-0.3, -0.25) is 9.52 Å². The molecule has 7 nitrogen and oxygen atoms in total. The van der Waals surface area contributed by atoms with Crippen LogP contribution in [0.5, 0.6) is 17.2 Å². The van der Waals surface area contributed by atoms with Crippen LogP contribution in [-0.2, 0) is 10.0 Å².